The van der Waals surface area contributed by atoms with E-state index in [2.05, 4.69) is 15.8 Å². The molecule has 3 aromatic rings. The van der Waals surface area contributed by atoms with Gasteiger partial charge in [-0.3, -0.25) is 9.59 Å². The van der Waals surface area contributed by atoms with Crippen LogP contribution in [0.1, 0.15) is 46.6 Å². The lowest BCUT2D eigenvalue weighted by atomic mass is 9.97. The van der Waals surface area contributed by atoms with E-state index < -0.39 is 11.7 Å². The van der Waals surface area contributed by atoms with Gasteiger partial charge in [-0.05, 0) is 49.6 Å². The van der Waals surface area contributed by atoms with Crippen molar-refractivity contribution in [2.45, 2.75) is 32.7 Å². The second-order valence-electron chi connectivity index (χ2n) is 7.22. The maximum absolute atomic E-state index is 14.4. The predicted octanol–water partition coefficient (Wildman–Crippen LogP) is 4.82. The summed E-state index contributed by atoms with van der Waals surface area (Å²) in [6.07, 6.45) is 1.08. The van der Waals surface area contributed by atoms with Crippen molar-refractivity contribution in [2.24, 2.45) is 0 Å². The van der Waals surface area contributed by atoms with Crippen LogP contribution >= 0.6 is 11.6 Å². The molecule has 2 N–H and O–H groups in total. The summed E-state index contributed by atoms with van der Waals surface area (Å²) in [5.74, 6) is -0.766. The molecule has 0 spiro atoms. The second-order valence-corrected chi connectivity index (χ2v) is 7.63. The molecule has 30 heavy (non-hydrogen) atoms. The minimum atomic E-state index is -0.588. The molecule has 8 heteroatoms. The van der Waals surface area contributed by atoms with E-state index in [4.69, 9.17) is 16.1 Å². The van der Waals surface area contributed by atoms with Gasteiger partial charge in [0.05, 0.1) is 16.6 Å². The summed E-state index contributed by atoms with van der Waals surface area (Å²) >= 11 is 6.15. The fourth-order valence-corrected chi connectivity index (χ4v) is 3.81. The Morgan fingerprint density at radius 3 is 2.87 bits per heavy atom. The van der Waals surface area contributed by atoms with Crippen molar-refractivity contribution in [1.82, 2.24) is 10.5 Å². The molecule has 1 aliphatic rings. The molecular formula is C22H19ClFN3O3. The van der Waals surface area contributed by atoms with Gasteiger partial charge < -0.3 is 15.2 Å². The zero-order valence-electron chi connectivity index (χ0n) is 16.4. The molecule has 6 nitrogen and oxygen atoms in total. The number of rotatable bonds is 4. The van der Waals surface area contributed by atoms with Gasteiger partial charge >= 0.3 is 0 Å². The Morgan fingerprint density at radius 2 is 2.10 bits per heavy atom. The topological polar surface area (TPSA) is 84.2 Å². The third-order valence-corrected chi connectivity index (χ3v) is 5.48. The van der Waals surface area contributed by atoms with Crippen LogP contribution in [0.2, 0.25) is 5.02 Å². The molecule has 1 atom stereocenters. The number of hydrogen-bond acceptors (Lipinski definition) is 4. The molecule has 0 radical (unpaired) electrons. The number of carbonyl (C=O) groups is 2. The molecule has 4 rings (SSSR count). The molecule has 1 aliphatic heterocycles. The molecule has 0 saturated carbocycles. The Bertz CT molecular complexity index is 1140. The molecule has 2 heterocycles. The maximum Gasteiger partial charge on any atom is 0.257 e. The molecule has 154 valence electrons. The number of hydrogen-bond donors (Lipinski definition) is 2. The zero-order valence-corrected chi connectivity index (χ0v) is 17.1. The summed E-state index contributed by atoms with van der Waals surface area (Å²) in [5.41, 5.74) is 2.93. The number of aromatic nitrogens is 1. The smallest absolute Gasteiger partial charge is 0.257 e. The molecule has 0 aliphatic carbocycles. The van der Waals surface area contributed by atoms with Crippen LogP contribution in [0, 0.1) is 12.7 Å². The lowest BCUT2D eigenvalue weighted by Gasteiger charge is -2.20. The second kappa shape index (κ2) is 7.91. The average molecular weight is 428 g/mol. The third-order valence-electron chi connectivity index (χ3n) is 5.16. The van der Waals surface area contributed by atoms with Crippen molar-refractivity contribution in [2.75, 3.05) is 5.32 Å². The fourth-order valence-electron chi connectivity index (χ4n) is 3.56. The summed E-state index contributed by atoms with van der Waals surface area (Å²) in [5, 5.41) is 9.76. The SMILES string of the molecule is Cc1onc(-c2c(F)cccc2Cl)c1C(=O)NC(C)c1ccc2c(c1)CCC(=O)N2. The number of nitrogens with one attached hydrogen (secondary N) is 2. The lowest BCUT2D eigenvalue weighted by Crippen LogP contribution is -2.28. The Labute approximate surface area is 177 Å². The van der Waals surface area contributed by atoms with E-state index in [9.17, 15) is 14.0 Å². The molecule has 0 fully saturated rings. The first-order valence-corrected chi connectivity index (χ1v) is 9.87. The molecule has 1 aromatic heterocycles. The highest BCUT2D eigenvalue weighted by atomic mass is 35.5. The Balaban J connectivity index is 1.61. The van der Waals surface area contributed by atoms with Gasteiger partial charge in [0.25, 0.3) is 5.91 Å². The van der Waals surface area contributed by atoms with Crippen LogP contribution in [-0.4, -0.2) is 17.0 Å². The highest BCUT2D eigenvalue weighted by molar-refractivity contribution is 6.33. The predicted molar refractivity (Wildman–Crippen MR) is 111 cm³/mol. The normalized spacial score (nSPS) is 14.1. The molecule has 2 amide bonds. The van der Waals surface area contributed by atoms with Crippen molar-refractivity contribution in [3.8, 4) is 11.3 Å². The number of carbonyl (C=O) groups excluding carboxylic acids is 2. The molecule has 0 saturated heterocycles. The van der Waals surface area contributed by atoms with Crippen molar-refractivity contribution in [3.63, 3.8) is 0 Å². The van der Waals surface area contributed by atoms with Gasteiger partial charge in [-0.25, -0.2) is 4.39 Å². The van der Waals surface area contributed by atoms with Crippen LogP contribution in [0.25, 0.3) is 11.3 Å². The van der Waals surface area contributed by atoms with Crippen molar-refractivity contribution in [1.29, 1.82) is 0 Å². The lowest BCUT2D eigenvalue weighted by molar-refractivity contribution is -0.116. The van der Waals surface area contributed by atoms with Gasteiger partial charge in [0.2, 0.25) is 5.91 Å². The quantitative estimate of drug-likeness (QED) is 0.625. The maximum atomic E-state index is 14.4. The summed E-state index contributed by atoms with van der Waals surface area (Å²) in [7, 11) is 0. The highest BCUT2D eigenvalue weighted by Crippen LogP contribution is 2.34. The van der Waals surface area contributed by atoms with Crippen LogP contribution < -0.4 is 10.6 Å². The first-order chi connectivity index (χ1) is 14.3. The molecule has 1 unspecified atom stereocenters. The van der Waals surface area contributed by atoms with Gasteiger partial charge in [0, 0.05) is 12.1 Å². The number of halogens is 2. The standard InChI is InChI=1S/C22H19ClFN3O3/c1-11(13-6-8-17-14(10-13)7-9-18(28)26-17)25-22(29)19-12(2)30-27-21(19)20-15(23)4-3-5-16(20)24/h3-6,8,10-11H,7,9H2,1-2H3,(H,25,29)(H,26,28). The molecule has 2 aromatic carbocycles. The number of nitrogens with zero attached hydrogens (tertiary/aromatic N) is 1. The number of fused-ring (bicyclic) bond motifs is 1. The Morgan fingerprint density at radius 1 is 1.30 bits per heavy atom. The van der Waals surface area contributed by atoms with Crippen LogP contribution in [-0.2, 0) is 11.2 Å². The summed E-state index contributed by atoms with van der Waals surface area (Å²) in [6, 6.07) is 9.58. The first-order valence-electron chi connectivity index (χ1n) is 9.49. The minimum absolute atomic E-state index is 0.00105. The van der Waals surface area contributed by atoms with E-state index in [0.29, 0.717) is 12.8 Å². The highest BCUT2D eigenvalue weighted by Gasteiger charge is 2.26. The van der Waals surface area contributed by atoms with Crippen molar-refractivity contribution < 1.29 is 18.5 Å². The van der Waals surface area contributed by atoms with Gasteiger partial charge in [-0.1, -0.05) is 35.0 Å². The largest absolute Gasteiger partial charge is 0.360 e. The third kappa shape index (κ3) is 3.68. The van der Waals surface area contributed by atoms with E-state index in [-0.39, 0.29) is 39.6 Å². The average Bonchev–Trinajstić information content (AvgIpc) is 3.08. The van der Waals surface area contributed by atoms with Crippen LogP contribution in [0.15, 0.2) is 40.9 Å². The van der Waals surface area contributed by atoms with E-state index in [1.165, 1.54) is 18.2 Å². The Hall–Kier alpha value is -3.19. The number of anilines is 1. The fraction of sp³-hybridized carbons (Fsp3) is 0.227. The molecule has 0 bridgehead atoms. The van der Waals surface area contributed by atoms with E-state index in [0.717, 1.165) is 16.8 Å². The monoisotopic (exact) mass is 427 g/mol. The van der Waals surface area contributed by atoms with Gasteiger partial charge in [0.1, 0.15) is 22.8 Å². The summed E-state index contributed by atoms with van der Waals surface area (Å²) in [6.45, 7) is 3.44. The number of amides is 2. The Kier molecular flexibility index (Phi) is 5.30. The zero-order chi connectivity index (χ0) is 21.4. The number of benzene rings is 2. The van der Waals surface area contributed by atoms with Crippen molar-refractivity contribution in [3.05, 3.63) is 69.7 Å². The van der Waals surface area contributed by atoms with Gasteiger partial charge in [-0.15, -0.1) is 0 Å². The van der Waals surface area contributed by atoms with Crippen LogP contribution in [0.3, 0.4) is 0 Å². The van der Waals surface area contributed by atoms with Gasteiger partial charge in [0.15, 0.2) is 0 Å². The van der Waals surface area contributed by atoms with E-state index >= 15 is 0 Å². The first kappa shape index (κ1) is 20.1. The minimum Gasteiger partial charge on any atom is -0.360 e. The van der Waals surface area contributed by atoms with Crippen LogP contribution in [0.5, 0.6) is 0 Å². The van der Waals surface area contributed by atoms with Gasteiger partial charge in [-0.2, -0.15) is 0 Å². The van der Waals surface area contributed by atoms with Crippen LogP contribution in [0.4, 0.5) is 10.1 Å². The molecular weight excluding hydrogens is 409 g/mol. The van der Waals surface area contributed by atoms with E-state index in [1.54, 1.807) is 6.92 Å². The number of aryl methyl sites for hydroxylation is 2. The van der Waals surface area contributed by atoms with E-state index in [1.807, 2.05) is 25.1 Å². The summed E-state index contributed by atoms with van der Waals surface area (Å²) in [4.78, 5) is 24.6. The summed E-state index contributed by atoms with van der Waals surface area (Å²) < 4.78 is 19.6. The van der Waals surface area contributed by atoms with Crippen molar-refractivity contribution >= 4 is 29.1 Å².